The first kappa shape index (κ1) is 38.0. The maximum atomic E-state index is 15.2. The van der Waals surface area contributed by atoms with Gasteiger partial charge in [-0.2, -0.15) is 13.2 Å². The van der Waals surface area contributed by atoms with Crippen LogP contribution in [-0.4, -0.2) is 95.6 Å². The molecule has 1 aliphatic rings. The Kier molecular flexibility index (Phi) is 12.7. The second-order valence-electron chi connectivity index (χ2n) is 11.2. The van der Waals surface area contributed by atoms with E-state index in [9.17, 15) is 40.3 Å². The number of carbonyl (C=O) groups excluding carboxylic acids is 1. The molecule has 0 spiro atoms. The van der Waals surface area contributed by atoms with E-state index in [1.807, 2.05) is 0 Å². The Morgan fingerprint density at radius 2 is 2.00 bits per heavy atom. The minimum Gasteiger partial charge on any atom is -0.461 e. The van der Waals surface area contributed by atoms with Gasteiger partial charge in [-0.1, -0.05) is 24.0 Å². The van der Waals surface area contributed by atoms with Gasteiger partial charge >= 0.3 is 6.18 Å². The van der Waals surface area contributed by atoms with Crippen LogP contribution in [0.15, 0.2) is 35.2 Å². The van der Waals surface area contributed by atoms with Gasteiger partial charge in [-0.25, -0.2) is 26.3 Å². The Balaban J connectivity index is 1.57. The largest absolute Gasteiger partial charge is 0.461 e. The lowest BCUT2D eigenvalue weighted by atomic mass is 10.0. The van der Waals surface area contributed by atoms with E-state index in [-0.39, 0.29) is 47.8 Å². The number of anilines is 2. The number of aliphatic hydroxyl groups is 1. The summed E-state index contributed by atoms with van der Waals surface area (Å²) < 4.78 is 120. The average Bonchev–Trinajstić information content (AvgIpc) is 3.33. The monoisotopic (exact) mass is 736 g/mol. The molecule has 268 valence electrons. The normalized spacial score (nSPS) is 17.7. The Morgan fingerprint density at radius 3 is 2.65 bits per heavy atom. The van der Waals surface area contributed by atoms with Crippen LogP contribution in [0.25, 0.3) is 10.1 Å². The number of hydrogen-bond donors (Lipinski definition) is 4. The fraction of sp³-hybridized carbons (Fsp3) is 0.452. The number of amides is 1. The number of rotatable bonds is 13. The minimum absolute atomic E-state index is 0.0533. The SMILES string of the molecule is COCC(O)CN1CCC(Nc2cccc3c(CC(F)(F)F)c(C#CCNc4cc(F)c(S(=O)(=O)NC(C)=O)cc4OCF)sc23)C(F)C1. The summed E-state index contributed by atoms with van der Waals surface area (Å²) in [5.74, 6) is 2.66. The van der Waals surface area contributed by atoms with Crippen molar-refractivity contribution in [1.82, 2.24) is 9.62 Å². The summed E-state index contributed by atoms with van der Waals surface area (Å²) in [5, 5.41) is 16.1. The number of thiophene rings is 1. The molecule has 1 aromatic heterocycles. The molecule has 3 aromatic rings. The van der Waals surface area contributed by atoms with Crippen LogP contribution < -0.4 is 20.1 Å². The number of aliphatic hydroxyl groups excluding tert-OH is 1. The number of sulfonamides is 1. The molecular weight excluding hydrogens is 702 g/mol. The van der Waals surface area contributed by atoms with Gasteiger partial charge in [-0.3, -0.25) is 9.69 Å². The number of methoxy groups -OCH3 is 1. The molecule has 1 fully saturated rings. The molecule has 4 rings (SSSR count). The molecule has 0 saturated carbocycles. The van der Waals surface area contributed by atoms with Gasteiger partial charge in [0, 0.05) is 45.8 Å². The van der Waals surface area contributed by atoms with Crippen molar-refractivity contribution in [2.45, 2.75) is 49.2 Å². The molecule has 49 heavy (non-hydrogen) atoms. The summed E-state index contributed by atoms with van der Waals surface area (Å²) in [6, 6.07) is 5.47. The average molecular weight is 737 g/mol. The number of nitrogens with one attached hydrogen (secondary N) is 3. The van der Waals surface area contributed by atoms with Gasteiger partial charge in [0.25, 0.3) is 10.0 Å². The second kappa shape index (κ2) is 16.3. The molecule has 2 aromatic carbocycles. The van der Waals surface area contributed by atoms with Gasteiger partial charge in [0.15, 0.2) is 0 Å². The molecular formula is C31H34F6N4O6S2. The Morgan fingerprint density at radius 1 is 1.24 bits per heavy atom. The number of nitrogens with zero attached hydrogens (tertiary/aromatic N) is 1. The number of halogens is 6. The molecule has 3 atom stereocenters. The quantitative estimate of drug-likeness (QED) is 0.147. The predicted molar refractivity (Wildman–Crippen MR) is 172 cm³/mol. The van der Waals surface area contributed by atoms with Gasteiger partial charge in [-0.05, 0) is 23.4 Å². The number of ether oxygens (including phenoxy) is 2. The fourth-order valence-electron chi connectivity index (χ4n) is 5.37. The molecule has 2 heterocycles. The van der Waals surface area contributed by atoms with Gasteiger partial charge < -0.3 is 25.2 Å². The highest BCUT2D eigenvalue weighted by Crippen LogP contribution is 2.40. The van der Waals surface area contributed by atoms with E-state index in [1.54, 1.807) is 21.8 Å². The standard InChI is InChI=1S/C31H34F6N4O6S2/c1-18(42)40-49(44,45)29-12-27(47-17-32)26(11-22(29)33)38-9-4-7-28-21(13-31(35,36)37)20-5-3-6-25(30(20)48-28)39-24-8-10-41(15-23(24)34)14-19(43)16-46-2/h3,5-6,11-12,19,23-24,38-39,43H,8-10,13-17H2,1-2H3,(H,40,42). The van der Waals surface area contributed by atoms with Crippen LogP contribution in [0.1, 0.15) is 23.8 Å². The molecule has 0 aliphatic carbocycles. The van der Waals surface area contributed by atoms with E-state index in [0.29, 0.717) is 35.5 Å². The highest BCUT2D eigenvalue weighted by atomic mass is 32.2. The van der Waals surface area contributed by atoms with Crippen molar-refractivity contribution in [1.29, 1.82) is 0 Å². The van der Waals surface area contributed by atoms with Crippen molar-refractivity contribution >= 4 is 48.7 Å². The number of benzene rings is 2. The molecule has 1 aliphatic heterocycles. The zero-order valence-electron chi connectivity index (χ0n) is 26.3. The molecule has 10 nitrogen and oxygen atoms in total. The Bertz CT molecular complexity index is 1810. The van der Waals surface area contributed by atoms with E-state index in [4.69, 9.17) is 9.47 Å². The third-order valence-corrected chi connectivity index (χ3v) is 10.0. The summed E-state index contributed by atoms with van der Waals surface area (Å²) >= 11 is 0.986. The van der Waals surface area contributed by atoms with E-state index in [0.717, 1.165) is 18.3 Å². The van der Waals surface area contributed by atoms with Crippen molar-refractivity contribution in [3.05, 3.63) is 46.6 Å². The van der Waals surface area contributed by atoms with Crippen LogP contribution in [-0.2, 0) is 26.0 Å². The van der Waals surface area contributed by atoms with Gasteiger partial charge in [0.1, 0.15) is 22.6 Å². The van der Waals surface area contributed by atoms with Crippen LogP contribution in [0.5, 0.6) is 5.75 Å². The third-order valence-electron chi connectivity index (χ3n) is 7.37. The molecule has 0 bridgehead atoms. The van der Waals surface area contributed by atoms with E-state index < -0.39 is 70.2 Å². The number of likely N-dealkylation sites (tertiary alicyclic amines) is 1. The first-order valence-electron chi connectivity index (χ1n) is 14.8. The zero-order valence-corrected chi connectivity index (χ0v) is 27.9. The van der Waals surface area contributed by atoms with Crippen LogP contribution >= 0.6 is 11.3 Å². The summed E-state index contributed by atoms with van der Waals surface area (Å²) in [4.78, 5) is 12.1. The van der Waals surface area contributed by atoms with Crippen molar-refractivity contribution in [2.75, 3.05) is 57.4 Å². The predicted octanol–water partition coefficient (Wildman–Crippen LogP) is 4.57. The summed E-state index contributed by atoms with van der Waals surface area (Å²) in [6.07, 6.45) is -7.58. The van der Waals surface area contributed by atoms with Crippen LogP contribution in [0.2, 0.25) is 0 Å². The molecule has 3 unspecified atom stereocenters. The van der Waals surface area contributed by atoms with Crippen molar-refractivity contribution in [2.24, 2.45) is 0 Å². The zero-order chi connectivity index (χ0) is 35.9. The molecule has 4 N–H and O–H groups in total. The fourth-order valence-corrected chi connectivity index (χ4v) is 7.60. The molecule has 18 heteroatoms. The van der Waals surface area contributed by atoms with Gasteiger partial charge in [0.05, 0.1) is 52.7 Å². The smallest absolute Gasteiger partial charge is 0.393 e. The highest BCUT2D eigenvalue weighted by Gasteiger charge is 2.33. The maximum Gasteiger partial charge on any atom is 0.393 e. The highest BCUT2D eigenvalue weighted by molar-refractivity contribution is 7.90. The van der Waals surface area contributed by atoms with Crippen molar-refractivity contribution in [3.63, 3.8) is 0 Å². The first-order valence-corrected chi connectivity index (χ1v) is 17.1. The van der Waals surface area contributed by atoms with Crippen LogP contribution in [0, 0.1) is 17.7 Å². The number of β-amino-alcohol motifs (C(OH)–C–C–N with tert-alkyl or cyclic N) is 1. The number of alkyl halides is 5. The van der Waals surface area contributed by atoms with Gasteiger partial charge in [-0.15, -0.1) is 11.3 Å². The number of fused-ring (bicyclic) bond motifs is 1. The Labute approximate surface area is 282 Å². The molecule has 1 saturated heterocycles. The second-order valence-corrected chi connectivity index (χ2v) is 13.8. The first-order chi connectivity index (χ1) is 23.1. The van der Waals surface area contributed by atoms with Gasteiger partial charge in [0.2, 0.25) is 12.8 Å². The Hall–Kier alpha value is -3.76. The van der Waals surface area contributed by atoms with Crippen molar-refractivity contribution < 1.29 is 54.1 Å². The number of hydrogen-bond acceptors (Lipinski definition) is 10. The van der Waals surface area contributed by atoms with E-state index in [2.05, 4.69) is 22.5 Å². The summed E-state index contributed by atoms with van der Waals surface area (Å²) in [5.41, 5.74) is 0.155. The van der Waals surface area contributed by atoms with Crippen LogP contribution in [0.4, 0.5) is 37.7 Å². The van der Waals surface area contributed by atoms with Crippen molar-refractivity contribution in [3.8, 4) is 17.6 Å². The minimum atomic E-state index is -4.63. The lowest BCUT2D eigenvalue weighted by molar-refractivity contribution is -0.127. The lowest BCUT2D eigenvalue weighted by Crippen LogP contribution is -2.50. The van der Waals surface area contributed by atoms with E-state index >= 15 is 4.39 Å². The molecule has 0 radical (unpaired) electrons. The lowest BCUT2D eigenvalue weighted by Gasteiger charge is -2.36. The summed E-state index contributed by atoms with van der Waals surface area (Å²) in [6.45, 7) is 0.0842. The van der Waals surface area contributed by atoms with Crippen LogP contribution in [0.3, 0.4) is 0 Å². The number of piperidine rings is 1. The number of carbonyl (C=O) groups is 1. The third kappa shape index (κ3) is 10.1. The molecule has 1 amide bonds. The maximum absolute atomic E-state index is 15.2. The topological polar surface area (TPSA) is 129 Å². The van der Waals surface area contributed by atoms with E-state index in [1.165, 1.54) is 13.2 Å². The summed E-state index contributed by atoms with van der Waals surface area (Å²) in [7, 11) is -3.18.